The molecule has 0 aromatic carbocycles. The molecular weight excluding hydrogens is 177 g/mol. The van der Waals surface area contributed by atoms with E-state index >= 15 is 0 Å². The average molecular weight is 180 g/mol. The summed E-state index contributed by atoms with van der Waals surface area (Å²) in [6, 6.07) is 0. The molecule has 5 heavy (non-hydrogen) atoms. The topological polar surface area (TPSA) is 63.3 Å². The molecule has 0 aromatic heterocycles. The fourth-order valence-corrected chi connectivity index (χ4v) is 0. The van der Waals surface area contributed by atoms with Gasteiger partial charge in [-0.2, -0.15) is 0 Å². The molecule has 0 aliphatic rings. The molecule has 0 unspecified atom stereocenters. The predicted molar refractivity (Wildman–Crippen MR) is 18.0 cm³/mol. The molecule has 0 bridgehead atoms. The van der Waals surface area contributed by atoms with E-state index in [1.807, 2.05) is 0 Å². The number of primary amides is 1. The molecule has 0 aromatic rings. The quantitative estimate of drug-likeness (QED) is 0.481. The van der Waals surface area contributed by atoms with Gasteiger partial charge in [0.25, 0.3) is 0 Å². The number of rotatable bonds is 0. The molecule has 0 rings (SSSR count). The van der Waals surface area contributed by atoms with Crippen LogP contribution in [0.5, 0.6) is 0 Å². The number of nitrogens with two attached hydrogens (primary N) is 1. The third kappa shape index (κ3) is 3690. The number of hydrogen-bond acceptors (Lipinski definition) is 1. The molecule has 4 heteroatoms. The standard InChI is InChI=1S/CH3NO2.Sn/c2-1(3)4;/h2H2,(H,3,4);. The molecule has 0 spiro atoms. The summed E-state index contributed by atoms with van der Waals surface area (Å²) in [5, 5.41) is 7.19. The van der Waals surface area contributed by atoms with Crippen molar-refractivity contribution < 1.29 is 9.90 Å². The molecule has 0 saturated carbocycles. The van der Waals surface area contributed by atoms with E-state index < -0.39 is 6.09 Å². The van der Waals surface area contributed by atoms with Crippen molar-refractivity contribution in [2.45, 2.75) is 0 Å². The van der Waals surface area contributed by atoms with Gasteiger partial charge < -0.3 is 10.8 Å². The van der Waals surface area contributed by atoms with Crippen LogP contribution < -0.4 is 5.73 Å². The molecule has 3 N–H and O–H groups in total. The molecule has 0 aliphatic heterocycles. The molecule has 3 nitrogen and oxygen atoms in total. The number of hydrogen-bond donors (Lipinski definition) is 2. The molecule has 1 amide bonds. The summed E-state index contributed by atoms with van der Waals surface area (Å²) in [6.45, 7) is 0. The first-order valence-electron chi connectivity index (χ1n) is 0.716. The van der Waals surface area contributed by atoms with Gasteiger partial charge in [-0.15, -0.1) is 0 Å². The number of carboxylic acid groups (broad SMARTS) is 1. The van der Waals surface area contributed by atoms with Gasteiger partial charge in [-0.25, -0.2) is 4.79 Å². The fraction of sp³-hybridized carbons (Fsp3) is 0. The van der Waals surface area contributed by atoms with Crippen LogP contribution in [-0.4, -0.2) is 35.1 Å². The van der Waals surface area contributed by atoms with Crippen molar-refractivity contribution in [1.82, 2.24) is 0 Å². The summed E-state index contributed by atoms with van der Waals surface area (Å²) in [5.41, 5.74) is 4.03. The summed E-state index contributed by atoms with van der Waals surface area (Å²) in [5.74, 6) is 0. The fourth-order valence-electron chi connectivity index (χ4n) is 0. The van der Waals surface area contributed by atoms with E-state index in [2.05, 4.69) is 5.73 Å². The van der Waals surface area contributed by atoms with Crippen molar-refractivity contribution in [2.75, 3.05) is 0 Å². The van der Waals surface area contributed by atoms with Crippen LogP contribution in [0.15, 0.2) is 0 Å². The molecule has 4 radical (unpaired) electrons. The first kappa shape index (κ1) is 8.91. The van der Waals surface area contributed by atoms with E-state index in [1.54, 1.807) is 0 Å². The second-order valence-electron chi connectivity index (χ2n) is 0.338. The van der Waals surface area contributed by atoms with Crippen molar-refractivity contribution in [3.05, 3.63) is 0 Å². The Morgan fingerprint density at radius 3 is 1.80 bits per heavy atom. The van der Waals surface area contributed by atoms with Gasteiger partial charge in [-0.3, -0.25) is 0 Å². The maximum Gasteiger partial charge on any atom is 0.402 e. The zero-order chi connectivity index (χ0) is 3.58. The first-order chi connectivity index (χ1) is 1.73. The van der Waals surface area contributed by atoms with Crippen molar-refractivity contribution >= 4 is 30.0 Å². The zero-order valence-corrected chi connectivity index (χ0v) is 5.29. The van der Waals surface area contributed by atoms with E-state index in [1.165, 1.54) is 0 Å². The Hall–Kier alpha value is 0.0687. The van der Waals surface area contributed by atoms with Crippen LogP contribution >= 0.6 is 0 Å². The van der Waals surface area contributed by atoms with Gasteiger partial charge in [0.05, 0.1) is 0 Å². The Balaban J connectivity index is 0. The molecule has 0 atom stereocenters. The Morgan fingerprint density at radius 2 is 1.80 bits per heavy atom. The van der Waals surface area contributed by atoms with E-state index in [4.69, 9.17) is 9.90 Å². The van der Waals surface area contributed by atoms with Crippen LogP contribution in [0.25, 0.3) is 0 Å². The van der Waals surface area contributed by atoms with Crippen molar-refractivity contribution in [2.24, 2.45) is 5.73 Å². The van der Waals surface area contributed by atoms with Gasteiger partial charge in [0.1, 0.15) is 0 Å². The SMILES string of the molecule is NC(=O)O.[Sn]. The summed E-state index contributed by atoms with van der Waals surface area (Å²) in [4.78, 5) is 8.78. The second kappa shape index (κ2) is 4.07. The minimum absolute atomic E-state index is 0. The number of amides is 1. The summed E-state index contributed by atoms with van der Waals surface area (Å²) >= 11 is 0. The smallest absolute Gasteiger partial charge is 0.402 e. The van der Waals surface area contributed by atoms with Gasteiger partial charge >= 0.3 is 6.09 Å². The Labute approximate surface area is 46.1 Å². The maximum absolute atomic E-state index is 8.78. The largest absolute Gasteiger partial charge is 0.465 e. The Kier molecular flexibility index (Phi) is 7.25. The van der Waals surface area contributed by atoms with Crippen LogP contribution in [0, 0.1) is 0 Å². The Bertz CT molecular complexity index is 32.6. The minimum atomic E-state index is -1.33. The van der Waals surface area contributed by atoms with Crippen LogP contribution in [0.2, 0.25) is 0 Å². The van der Waals surface area contributed by atoms with Gasteiger partial charge in [-0.1, -0.05) is 0 Å². The van der Waals surface area contributed by atoms with E-state index in [-0.39, 0.29) is 23.9 Å². The van der Waals surface area contributed by atoms with E-state index in [0.29, 0.717) is 0 Å². The third-order valence-electron chi connectivity index (χ3n) is 0. The van der Waals surface area contributed by atoms with Crippen molar-refractivity contribution in [1.29, 1.82) is 0 Å². The van der Waals surface area contributed by atoms with Crippen LogP contribution in [0.4, 0.5) is 4.79 Å². The first-order valence-corrected chi connectivity index (χ1v) is 0.716. The minimum Gasteiger partial charge on any atom is -0.465 e. The van der Waals surface area contributed by atoms with Crippen LogP contribution in [-0.2, 0) is 0 Å². The van der Waals surface area contributed by atoms with Gasteiger partial charge in [0.15, 0.2) is 0 Å². The zero-order valence-electron chi connectivity index (χ0n) is 2.43. The van der Waals surface area contributed by atoms with Crippen molar-refractivity contribution in [3.8, 4) is 0 Å². The normalized spacial score (nSPS) is 4.80. The molecular formula is CH3NO2Sn. The summed E-state index contributed by atoms with van der Waals surface area (Å²) in [6.07, 6.45) is -1.33. The predicted octanol–water partition coefficient (Wildman–Crippen LogP) is -0.758. The Morgan fingerprint density at radius 1 is 1.80 bits per heavy atom. The average Bonchev–Trinajstić information content (AvgIpc) is 0.811. The van der Waals surface area contributed by atoms with Gasteiger partial charge in [0, 0.05) is 23.9 Å². The monoisotopic (exact) mass is 181 g/mol. The van der Waals surface area contributed by atoms with Gasteiger partial charge in [-0.05, 0) is 0 Å². The van der Waals surface area contributed by atoms with Gasteiger partial charge in [0.2, 0.25) is 0 Å². The molecule has 0 aliphatic carbocycles. The van der Waals surface area contributed by atoms with Crippen LogP contribution in [0.3, 0.4) is 0 Å². The third-order valence-corrected chi connectivity index (χ3v) is 0. The maximum atomic E-state index is 8.78. The molecule has 0 saturated heterocycles. The number of carbonyl (C=O) groups is 1. The second-order valence-corrected chi connectivity index (χ2v) is 0.338. The molecule has 28 valence electrons. The van der Waals surface area contributed by atoms with Crippen LogP contribution in [0.1, 0.15) is 0 Å². The molecule has 0 fully saturated rings. The van der Waals surface area contributed by atoms with Crippen molar-refractivity contribution in [3.63, 3.8) is 0 Å². The molecule has 0 heterocycles. The summed E-state index contributed by atoms with van der Waals surface area (Å²) < 4.78 is 0. The summed E-state index contributed by atoms with van der Waals surface area (Å²) in [7, 11) is 0. The van der Waals surface area contributed by atoms with E-state index in [9.17, 15) is 0 Å². The van der Waals surface area contributed by atoms with E-state index in [0.717, 1.165) is 0 Å².